The third kappa shape index (κ3) is 3.37. The molecular weight excluding hydrogens is 345 g/mol. The average Bonchev–Trinajstić information content (AvgIpc) is 2.38. The van der Waals surface area contributed by atoms with Gasteiger partial charge in [-0.25, -0.2) is 12.8 Å². The summed E-state index contributed by atoms with van der Waals surface area (Å²) in [6.45, 7) is 1.56. The summed E-state index contributed by atoms with van der Waals surface area (Å²) in [5.74, 6) is -0.455. The van der Waals surface area contributed by atoms with E-state index < -0.39 is 15.8 Å². The summed E-state index contributed by atoms with van der Waals surface area (Å²) >= 11 is 3.32. The van der Waals surface area contributed by atoms with Gasteiger partial charge in [-0.05, 0) is 48.4 Å². The average molecular weight is 358 g/mol. The molecule has 0 amide bonds. The van der Waals surface area contributed by atoms with Crippen LogP contribution < -0.4 is 4.72 Å². The molecule has 0 saturated carbocycles. The summed E-state index contributed by atoms with van der Waals surface area (Å²) in [4.78, 5) is 0.0727. The van der Waals surface area contributed by atoms with Crippen molar-refractivity contribution in [3.05, 3.63) is 59.4 Å². The molecule has 0 atom stereocenters. The number of hydrogen-bond donors (Lipinski definition) is 1. The quantitative estimate of drug-likeness (QED) is 0.845. The number of aryl methyl sites for hydroxylation is 1. The molecule has 0 saturated heterocycles. The van der Waals surface area contributed by atoms with Gasteiger partial charge in [0.1, 0.15) is 5.82 Å². The lowest BCUT2D eigenvalue weighted by Gasteiger charge is -2.10. The van der Waals surface area contributed by atoms with Gasteiger partial charge >= 0.3 is 0 Å². The maximum atomic E-state index is 13.0. The molecule has 1 N–H and O–H groups in total. The lowest BCUT2D eigenvalue weighted by molar-refractivity contribution is 0.598. The molecule has 2 rings (SSSR count). The fraction of sp³-hybridized carbons (Fsp3) is 0.143. The highest BCUT2D eigenvalue weighted by molar-refractivity contribution is 9.08. The van der Waals surface area contributed by atoms with Crippen LogP contribution in [-0.2, 0) is 15.4 Å². The van der Waals surface area contributed by atoms with E-state index in [-0.39, 0.29) is 4.90 Å². The standard InChI is InChI=1S/C14H13BrFNO2S/c1-10-8-12(16)4-7-14(10)20(18,19)17-13-5-2-11(9-15)3-6-13/h2-8,17H,9H2,1H3. The molecule has 3 nitrogen and oxygen atoms in total. The molecule has 2 aromatic rings. The zero-order valence-electron chi connectivity index (χ0n) is 10.7. The third-order valence-corrected chi connectivity index (χ3v) is 4.98. The molecule has 0 aliphatic heterocycles. The van der Waals surface area contributed by atoms with E-state index in [2.05, 4.69) is 20.7 Å². The minimum atomic E-state index is -3.71. The molecule has 2 aromatic carbocycles. The van der Waals surface area contributed by atoms with Gasteiger partial charge in [0.2, 0.25) is 0 Å². The Bertz CT molecular complexity index is 714. The fourth-order valence-electron chi connectivity index (χ4n) is 1.79. The first kappa shape index (κ1) is 15.0. The van der Waals surface area contributed by atoms with E-state index in [0.717, 1.165) is 11.6 Å². The van der Waals surface area contributed by atoms with Crippen molar-refractivity contribution in [1.82, 2.24) is 0 Å². The maximum absolute atomic E-state index is 13.0. The Balaban J connectivity index is 2.30. The minimum absolute atomic E-state index is 0.0727. The van der Waals surface area contributed by atoms with Crippen LogP contribution in [0.2, 0.25) is 0 Å². The molecule has 0 bridgehead atoms. The zero-order valence-corrected chi connectivity index (χ0v) is 13.1. The second-order valence-electron chi connectivity index (χ2n) is 4.35. The van der Waals surface area contributed by atoms with Gasteiger partial charge in [0, 0.05) is 11.0 Å². The second-order valence-corrected chi connectivity index (χ2v) is 6.56. The van der Waals surface area contributed by atoms with Crippen molar-refractivity contribution in [3.8, 4) is 0 Å². The van der Waals surface area contributed by atoms with Gasteiger partial charge < -0.3 is 0 Å². The Hall–Kier alpha value is -1.40. The number of halogens is 2. The molecule has 0 aliphatic rings. The Morgan fingerprint density at radius 1 is 1.15 bits per heavy atom. The van der Waals surface area contributed by atoms with Crippen molar-refractivity contribution in [3.63, 3.8) is 0 Å². The van der Waals surface area contributed by atoms with Crippen molar-refractivity contribution < 1.29 is 12.8 Å². The van der Waals surface area contributed by atoms with Crippen molar-refractivity contribution in [2.24, 2.45) is 0 Å². The molecule has 6 heteroatoms. The van der Waals surface area contributed by atoms with Crippen LogP contribution in [-0.4, -0.2) is 8.42 Å². The summed E-state index contributed by atoms with van der Waals surface area (Å²) in [6.07, 6.45) is 0. The van der Waals surface area contributed by atoms with Crippen molar-refractivity contribution >= 4 is 31.6 Å². The first-order valence-corrected chi connectivity index (χ1v) is 8.47. The number of anilines is 1. The Morgan fingerprint density at radius 2 is 1.80 bits per heavy atom. The van der Waals surface area contributed by atoms with Crippen molar-refractivity contribution in [2.75, 3.05) is 4.72 Å². The minimum Gasteiger partial charge on any atom is -0.280 e. The molecule has 0 radical (unpaired) electrons. The number of hydrogen-bond acceptors (Lipinski definition) is 2. The lowest BCUT2D eigenvalue weighted by Crippen LogP contribution is -2.14. The molecule has 0 fully saturated rings. The van der Waals surface area contributed by atoms with Gasteiger partial charge in [0.15, 0.2) is 0 Å². The van der Waals surface area contributed by atoms with Gasteiger partial charge in [-0.3, -0.25) is 4.72 Å². The van der Waals surface area contributed by atoms with E-state index >= 15 is 0 Å². The molecular formula is C14H13BrFNO2S. The predicted octanol–water partition coefficient (Wildman–Crippen LogP) is 3.83. The van der Waals surface area contributed by atoms with Crippen LogP contribution >= 0.6 is 15.9 Å². The topological polar surface area (TPSA) is 46.2 Å². The van der Waals surface area contributed by atoms with Gasteiger partial charge in [0.25, 0.3) is 10.0 Å². The number of nitrogens with one attached hydrogen (secondary N) is 1. The van der Waals surface area contributed by atoms with E-state index in [1.54, 1.807) is 19.1 Å². The van der Waals surface area contributed by atoms with Crippen molar-refractivity contribution in [1.29, 1.82) is 0 Å². The van der Waals surface area contributed by atoms with Crippen LogP contribution in [0, 0.1) is 12.7 Å². The summed E-state index contributed by atoms with van der Waals surface area (Å²) in [5, 5.41) is 0.705. The molecule has 0 unspecified atom stereocenters. The Labute approximate surface area is 126 Å². The van der Waals surface area contributed by atoms with Gasteiger partial charge in [-0.2, -0.15) is 0 Å². The van der Waals surface area contributed by atoms with E-state index in [1.807, 2.05) is 12.1 Å². The molecule has 0 spiro atoms. The van der Waals surface area contributed by atoms with E-state index in [0.29, 0.717) is 16.6 Å². The smallest absolute Gasteiger partial charge is 0.262 e. The van der Waals surface area contributed by atoms with Crippen LogP contribution in [0.1, 0.15) is 11.1 Å². The van der Waals surface area contributed by atoms with Crippen molar-refractivity contribution in [2.45, 2.75) is 17.1 Å². The van der Waals surface area contributed by atoms with E-state index in [1.165, 1.54) is 12.1 Å². The first-order valence-electron chi connectivity index (χ1n) is 5.86. The monoisotopic (exact) mass is 357 g/mol. The highest BCUT2D eigenvalue weighted by Gasteiger charge is 2.17. The molecule has 106 valence electrons. The van der Waals surface area contributed by atoms with Crippen LogP contribution in [0.15, 0.2) is 47.4 Å². The highest BCUT2D eigenvalue weighted by atomic mass is 79.9. The number of sulfonamides is 1. The Morgan fingerprint density at radius 3 is 2.35 bits per heavy atom. The normalized spacial score (nSPS) is 11.3. The molecule has 0 aromatic heterocycles. The molecule has 20 heavy (non-hydrogen) atoms. The summed E-state index contributed by atoms with van der Waals surface area (Å²) in [6, 6.07) is 10.6. The highest BCUT2D eigenvalue weighted by Crippen LogP contribution is 2.20. The Kier molecular flexibility index (Phi) is 4.45. The van der Waals surface area contributed by atoms with Crippen LogP contribution in [0.25, 0.3) is 0 Å². The van der Waals surface area contributed by atoms with E-state index in [9.17, 15) is 12.8 Å². The van der Waals surface area contributed by atoms with Gasteiger partial charge in [-0.1, -0.05) is 28.1 Å². The summed E-state index contributed by atoms with van der Waals surface area (Å²) in [7, 11) is -3.71. The zero-order chi connectivity index (χ0) is 14.8. The summed E-state index contributed by atoms with van der Waals surface area (Å²) < 4.78 is 40.0. The summed E-state index contributed by atoms with van der Waals surface area (Å²) in [5.41, 5.74) is 1.89. The van der Waals surface area contributed by atoms with E-state index in [4.69, 9.17) is 0 Å². The lowest BCUT2D eigenvalue weighted by atomic mass is 10.2. The van der Waals surface area contributed by atoms with Gasteiger partial charge in [0.05, 0.1) is 4.90 Å². The van der Waals surface area contributed by atoms with Crippen LogP contribution in [0.5, 0.6) is 0 Å². The van der Waals surface area contributed by atoms with Gasteiger partial charge in [-0.15, -0.1) is 0 Å². The SMILES string of the molecule is Cc1cc(F)ccc1S(=O)(=O)Nc1ccc(CBr)cc1. The number of benzene rings is 2. The number of alkyl halides is 1. The second kappa shape index (κ2) is 5.93. The van der Waals surface area contributed by atoms with Crippen LogP contribution in [0.4, 0.5) is 10.1 Å². The third-order valence-electron chi connectivity index (χ3n) is 2.79. The fourth-order valence-corrected chi connectivity index (χ4v) is 3.45. The predicted molar refractivity (Wildman–Crippen MR) is 81.0 cm³/mol. The number of rotatable bonds is 4. The van der Waals surface area contributed by atoms with Crippen LogP contribution in [0.3, 0.4) is 0 Å². The maximum Gasteiger partial charge on any atom is 0.262 e. The molecule has 0 aliphatic carbocycles. The first-order chi connectivity index (χ1) is 9.42. The molecule has 0 heterocycles. The largest absolute Gasteiger partial charge is 0.280 e.